The molecule has 1 aromatic carbocycles. The smallest absolute Gasteiger partial charge is 0.328 e. The highest BCUT2D eigenvalue weighted by atomic mass is 31.2. The third kappa shape index (κ3) is 2.07. The second-order valence-corrected chi connectivity index (χ2v) is 8.71. The minimum atomic E-state index is -3.28. The van der Waals surface area contributed by atoms with E-state index in [1.807, 2.05) is 0 Å². The number of fused-ring (bicyclic) bond motifs is 6. The molecule has 25 heavy (non-hydrogen) atoms. The van der Waals surface area contributed by atoms with E-state index in [1.54, 1.807) is 6.07 Å². The molecule has 0 spiro atoms. The van der Waals surface area contributed by atoms with Crippen molar-refractivity contribution in [1.82, 2.24) is 5.32 Å². The van der Waals surface area contributed by atoms with Crippen LogP contribution in [0.3, 0.4) is 0 Å². The van der Waals surface area contributed by atoms with Crippen LogP contribution in [0.4, 0.5) is 0 Å². The van der Waals surface area contributed by atoms with Crippen molar-refractivity contribution in [3.05, 3.63) is 17.2 Å². The Bertz CT molecular complexity index is 841. The molecule has 1 saturated heterocycles. The molecule has 0 radical (unpaired) electrons. The van der Waals surface area contributed by atoms with Gasteiger partial charge < -0.3 is 29.5 Å². The van der Waals surface area contributed by atoms with Crippen molar-refractivity contribution in [1.29, 1.82) is 0 Å². The Hall–Kier alpha value is -1.80. The van der Waals surface area contributed by atoms with Crippen molar-refractivity contribution in [2.24, 2.45) is 0 Å². The zero-order chi connectivity index (χ0) is 17.5. The lowest BCUT2D eigenvalue weighted by Crippen LogP contribution is -2.60. The Labute approximate surface area is 142 Å². The first kappa shape index (κ1) is 15.5. The molecule has 134 valence electrons. The maximum absolute atomic E-state index is 12.6. The van der Waals surface area contributed by atoms with Gasteiger partial charge in [0.2, 0.25) is 12.5 Å². The lowest BCUT2D eigenvalue weighted by molar-refractivity contribution is -0.0370. The first-order chi connectivity index (χ1) is 11.9. The van der Waals surface area contributed by atoms with Crippen LogP contribution in [-0.2, 0) is 13.6 Å². The maximum atomic E-state index is 12.6. The zero-order valence-corrected chi connectivity index (χ0v) is 14.1. The number of ether oxygens (including phenoxy) is 2. The van der Waals surface area contributed by atoms with Crippen molar-refractivity contribution in [3.8, 4) is 17.2 Å². The van der Waals surface area contributed by atoms with Crippen LogP contribution in [0.1, 0.15) is 28.3 Å². The fraction of sp³-hybridized carbons (Fsp3) is 0.533. The van der Waals surface area contributed by atoms with Crippen LogP contribution in [0, 0.1) is 0 Å². The summed E-state index contributed by atoms with van der Waals surface area (Å²) in [6.07, 6.45) is -2.13. The maximum Gasteiger partial charge on any atom is 0.328 e. The molecule has 0 aromatic heterocycles. The van der Waals surface area contributed by atoms with Gasteiger partial charge in [-0.05, 0) is 18.1 Å². The van der Waals surface area contributed by atoms with Crippen LogP contribution >= 0.6 is 7.60 Å². The largest absolute Gasteiger partial charge is 0.504 e. The predicted molar refractivity (Wildman–Crippen MR) is 82.1 cm³/mol. The van der Waals surface area contributed by atoms with Crippen molar-refractivity contribution in [3.63, 3.8) is 0 Å². The molecule has 10 heteroatoms. The van der Waals surface area contributed by atoms with E-state index >= 15 is 0 Å². The second kappa shape index (κ2) is 4.88. The van der Waals surface area contributed by atoms with E-state index in [0.29, 0.717) is 11.3 Å². The molecule has 3 aliphatic heterocycles. The normalized spacial score (nSPS) is 40.9. The van der Waals surface area contributed by atoms with E-state index in [0.717, 1.165) is 0 Å². The van der Waals surface area contributed by atoms with Gasteiger partial charge in [0.25, 0.3) is 5.91 Å². The number of amides is 1. The summed E-state index contributed by atoms with van der Waals surface area (Å²) in [6.45, 7) is 1.31. The van der Waals surface area contributed by atoms with E-state index in [9.17, 15) is 19.6 Å². The van der Waals surface area contributed by atoms with Crippen LogP contribution in [0.2, 0.25) is 0 Å². The van der Waals surface area contributed by atoms with Gasteiger partial charge >= 0.3 is 7.60 Å². The summed E-state index contributed by atoms with van der Waals surface area (Å²) < 4.78 is 33.6. The molecule has 1 aliphatic carbocycles. The molecule has 1 aromatic rings. The Morgan fingerprint density at radius 1 is 1.28 bits per heavy atom. The SMILES string of the molecule is CP1(=O)O[C@H]2[C@@H]3NC(=O)c4c(cc5c(c4O)OCO5)[C@H]3C[C@H](O)[C@H]2O1. The number of aliphatic hydroxyl groups is 1. The van der Waals surface area contributed by atoms with Gasteiger partial charge in [-0.1, -0.05) is 0 Å². The lowest BCUT2D eigenvalue weighted by Gasteiger charge is -2.43. The van der Waals surface area contributed by atoms with Crippen LogP contribution in [-0.4, -0.2) is 53.9 Å². The van der Waals surface area contributed by atoms with E-state index in [-0.39, 0.29) is 36.2 Å². The minimum Gasteiger partial charge on any atom is -0.504 e. The number of aromatic hydroxyl groups is 1. The van der Waals surface area contributed by atoms with Crippen molar-refractivity contribution >= 4 is 13.5 Å². The summed E-state index contributed by atoms with van der Waals surface area (Å²) in [7, 11) is -3.28. The Balaban J connectivity index is 1.63. The molecular formula is C15H16NO8P. The summed E-state index contributed by atoms with van der Waals surface area (Å²) >= 11 is 0. The molecule has 1 amide bonds. The van der Waals surface area contributed by atoms with Gasteiger partial charge in [0, 0.05) is 12.6 Å². The number of nitrogens with one attached hydrogen (secondary N) is 1. The number of hydrogen-bond donors (Lipinski definition) is 3. The molecule has 4 aliphatic rings. The molecule has 0 bridgehead atoms. The Morgan fingerprint density at radius 3 is 2.84 bits per heavy atom. The van der Waals surface area contributed by atoms with Crippen molar-refractivity contribution < 1.29 is 38.1 Å². The van der Waals surface area contributed by atoms with Crippen molar-refractivity contribution in [2.45, 2.75) is 36.7 Å². The Morgan fingerprint density at radius 2 is 2.04 bits per heavy atom. The minimum absolute atomic E-state index is 0.0369. The van der Waals surface area contributed by atoms with Gasteiger partial charge in [-0.3, -0.25) is 13.9 Å². The van der Waals surface area contributed by atoms with E-state index in [1.165, 1.54) is 6.66 Å². The highest BCUT2D eigenvalue weighted by Crippen LogP contribution is 2.59. The number of phenols is 1. The van der Waals surface area contributed by atoms with Crippen LogP contribution in [0.25, 0.3) is 0 Å². The molecular weight excluding hydrogens is 353 g/mol. The number of carbonyl (C=O) groups excluding carboxylic acids is 1. The van der Waals surface area contributed by atoms with Gasteiger partial charge in [0.05, 0.1) is 17.7 Å². The van der Waals surface area contributed by atoms with Gasteiger partial charge in [0.1, 0.15) is 12.2 Å². The van der Waals surface area contributed by atoms with Crippen LogP contribution < -0.4 is 14.8 Å². The number of carbonyl (C=O) groups is 1. The van der Waals surface area contributed by atoms with Gasteiger partial charge in [-0.2, -0.15) is 0 Å². The highest BCUT2D eigenvalue weighted by Gasteiger charge is 2.57. The molecule has 9 nitrogen and oxygen atoms in total. The van der Waals surface area contributed by atoms with Crippen LogP contribution in [0.15, 0.2) is 6.07 Å². The molecule has 6 atom stereocenters. The monoisotopic (exact) mass is 369 g/mol. The van der Waals surface area contributed by atoms with E-state index < -0.39 is 37.9 Å². The predicted octanol–water partition coefficient (Wildman–Crippen LogP) is 0.688. The van der Waals surface area contributed by atoms with Gasteiger partial charge in [-0.25, -0.2) is 0 Å². The van der Waals surface area contributed by atoms with Crippen molar-refractivity contribution in [2.75, 3.05) is 13.5 Å². The fourth-order valence-corrected chi connectivity index (χ4v) is 5.66. The average molecular weight is 369 g/mol. The van der Waals surface area contributed by atoms with Crippen LogP contribution in [0.5, 0.6) is 17.2 Å². The quantitative estimate of drug-likeness (QED) is 0.571. The van der Waals surface area contributed by atoms with Gasteiger partial charge in [0.15, 0.2) is 11.5 Å². The standard InChI is InChI=1S/C15H16NO8P/c1-25(20)23-12-7(17)2-6-5-3-8-13(22-4-21-8)11(18)9(5)15(19)16-10(6)14(12)24-25/h3,6-7,10,12,14,17-18H,2,4H2,1H3,(H,16,19)/t6-,7+,10-,12-,14+,25?/m1/s1. The van der Waals surface area contributed by atoms with Gasteiger partial charge in [-0.15, -0.1) is 0 Å². The number of hydrogen-bond acceptors (Lipinski definition) is 8. The van der Waals surface area contributed by atoms with E-state index in [4.69, 9.17) is 18.5 Å². The first-order valence-corrected chi connectivity index (χ1v) is 9.93. The molecule has 1 saturated carbocycles. The summed E-state index contributed by atoms with van der Waals surface area (Å²) in [5.74, 6) is -0.608. The molecule has 1 unspecified atom stereocenters. The van der Waals surface area contributed by atoms with E-state index in [2.05, 4.69) is 5.32 Å². The lowest BCUT2D eigenvalue weighted by atomic mass is 9.72. The molecule has 5 rings (SSSR count). The fourth-order valence-electron chi connectivity index (χ4n) is 4.22. The zero-order valence-electron chi connectivity index (χ0n) is 13.2. The first-order valence-electron chi connectivity index (χ1n) is 7.94. The molecule has 2 fully saturated rings. The summed E-state index contributed by atoms with van der Waals surface area (Å²) in [6, 6.07) is 1.13. The summed E-state index contributed by atoms with van der Waals surface area (Å²) in [5, 5.41) is 23.7. The Kier molecular flexibility index (Phi) is 3.02. The third-order valence-electron chi connectivity index (χ3n) is 5.21. The second-order valence-electron chi connectivity index (χ2n) is 6.74. The number of benzene rings is 1. The average Bonchev–Trinajstić information content (AvgIpc) is 3.12. The topological polar surface area (TPSA) is 124 Å². The molecule has 3 heterocycles. The molecule has 3 N–H and O–H groups in total. The number of rotatable bonds is 0. The third-order valence-corrected chi connectivity index (χ3v) is 6.46. The highest BCUT2D eigenvalue weighted by molar-refractivity contribution is 7.53. The number of aliphatic hydroxyl groups excluding tert-OH is 1. The summed E-state index contributed by atoms with van der Waals surface area (Å²) in [4.78, 5) is 12.6. The summed E-state index contributed by atoms with van der Waals surface area (Å²) in [5.41, 5.74) is 0.657. The number of phenolic OH excluding ortho intramolecular Hbond substituents is 1.